The lowest BCUT2D eigenvalue weighted by Crippen LogP contribution is -2.41. The smallest absolute Gasteiger partial charge is 0.203 e. The Balaban J connectivity index is 1.95. The highest BCUT2D eigenvalue weighted by molar-refractivity contribution is 5.64. The maximum absolute atomic E-state index is 4.58. The minimum atomic E-state index is 0.548. The minimum Gasteiger partial charge on any atom is -0.350 e. The second-order valence-corrected chi connectivity index (χ2v) is 5.43. The van der Waals surface area contributed by atoms with Crippen molar-refractivity contribution in [2.45, 2.75) is 38.6 Å². The summed E-state index contributed by atoms with van der Waals surface area (Å²) in [5.41, 5.74) is 0.876. The van der Waals surface area contributed by atoms with E-state index in [1.807, 2.05) is 30.8 Å². The number of hydrogen-bond acceptors (Lipinski definition) is 5. The summed E-state index contributed by atoms with van der Waals surface area (Å²) in [4.78, 5) is 7.01. The van der Waals surface area contributed by atoms with Crippen molar-refractivity contribution in [1.29, 1.82) is 0 Å². The van der Waals surface area contributed by atoms with Crippen LogP contribution in [0.4, 0.5) is 5.82 Å². The van der Waals surface area contributed by atoms with Gasteiger partial charge in [0.15, 0.2) is 5.82 Å². The third-order valence-corrected chi connectivity index (χ3v) is 4.11. The van der Waals surface area contributed by atoms with Crippen LogP contribution in [0.2, 0.25) is 0 Å². The number of piperidine rings is 1. The fraction of sp³-hybridized carbons (Fsp3) is 0.643. The molecular weight excluding hydrogens is 252 g/mol. The maximum atomic E-state index is 4.58. The summed E-state index contributed by atoms with van der Waals surface area (Å²) < 4.78 is 2.02. The van der Waals surface area contributed by atoms with Gasteiger partial charge in [-0.25, -0.2) is 4.98 Å². The van der Waals surface area contributed by atoms with Crippen LogP contribution >= 0.6 is 0 Å². The van der Waals surface area contributed by atoms with Crippen molar-refractivity contribution in [2.75, 3.05) is 25.0 Å². The summed E-state index contributed by atoms with van der Waals surface area (Å²) in [5, 5.41) is 11.7. The summed E-state index contributed by atoms with van der Waals surface area (Å²) in [6.45, 7) is 4.07. The molecule has 0 amide bonds. The van der Waals surface area contributed by atoms with E-state index >= 15 is 0 Å². The van der Waals surface area contributed by atoms with Crippen molar-refractivity contribution >= 4 is 11.5 Å². The lowest BCUT2D eigenvalue weighted by molar-refractivity contribution is 0.431. The molecule has 1 fully saturated rings. The van der Waals surface area contributed by atoms with Gasteiger partial charge in [0, 0.05) is 25.0 Å². The predicted molar refractivity (Wildman–Crippen MR) is 79.0 cm³/mol. The van der Waals surface area contributed by atoms with Gasteiger partial charge in [-0.15, -0.1) is 10.2 Å². The molecule has 6 nitrogen and oxygen atoms in total. The first-order chi connectivity index (χ1) is 9.81. The van der Waals surface area contributed by atoms with Crippen molar-refractivity contribution < 1.29 is 0 Å². The largest absolute Gasteiger partial charge is 0.350 e. The molecule has 0 aromatic carbocycles. The molecule has 6 heteroatoms. The van der Waals surface area contributed by atoms with Gasteiger partial charge in [0.05, 0.1) is 0 Å². The number of aryl methyl sites for hydroxylation is 1. The Hall–Kier alpha value is -1.69. The van der Waals surface area contributed by atoms with Crippen LogP contribution in [0.1, 0.15) is 31.5 Å². The van der Waals surface area contributed by atoms with Crippen LogP contribution in [-0.2, 0) is 0 Å². The normalized spacial score (nSPS) is 19.7. The summed E-state index contributed by atoms with van der Waals surface area (Å²) in [6.07, 6.45) is 8.69. The fourth-order valence-electron chi connectivity index (χ4n) is 3.02. The molecule has 1 N–H and O–H groups in total. The number of fused-ring (bicyclic) bond motifs is 1. The number of aromatic nitrogens is 4. The molecule has 3 rings (SSSR count). The molecule has 2 aromatic rings. The van der Waals surface area contributed by atoms with Crippen molar-refractivity contribution in [3.8, 4) is 0 Å². The molecular formula is C14H22N6. The van der Waals surface area contributed by atoms with E-state index in [1.165, 1.54) is 19.3 Å². The average Bonchev–Trinajstić information content (AvgIpc) is 2.87. The van der Waals surface area contributed by atoms with Gasteiger partial charge in [0.2, 0.25) is 5.65 Å². The van der Waals surface area contributed by atoms with Gasteiger partial charge < -0.3 is 10.2 Å². The number of rotatable bonds is 4. The fourth-order valence-corrected chi connectivity index (χ4v) is 3.02. The molecule has 3 heterocycles. The van der Waals surface area contributed by atoms with E-state index in [2.05, 4.69) is 25.4 Å². The van der Waals surface area contributed by atoms with E-state index in [0.717, 1.165) is 36.8 Å². The van der Waals surface area contributed by atoms with Crippen molar-refractivity contribution in [1.82, 2.24) is 24.9 Å². The van der Waals surface area contributed by atoms with Crippen molar-refractivity contribution in [2.24, 2.45) is 0 Å². The molecule has 108 valence electrons. The molecule has 0 aliphatic carbocycles. The second-order valence-electron chi connectivity index (χ2n) is 5.43. The van der Waals surface area contributed by atoms with Crippen molar-refractivity contribution in [3.05, 3.63) is 18.2 Å². The molecule has 1 saturated heterocycles. The quantitative estimate of drug-likeness (QED) is 0.913. The van der Waals surface area contributed by atoms with Crippen LogP contribution in [0, 0.1) is 6.92 Å². The van der Waals surface area contributed by atoms with Gasteiger partial charge >= 0.3 is 0 Å². The Morgan fingerprint density at radius 1 is 1.35 bits per heavy atom. The maximum Gasteiger partial charge on any atom is 0.203 e. The first-order valence-electron chi connectivity index (χ1n) is 7.39. The highest BCUT2D eigenvalue weighted by atomic mass is 15.3. The van der Waals surface area contributed by atoms with Crippen LogP contribution in [-0.4, -0.2) is 45.8 Å². The highest BCUT2D eigenvalue weighted by Crippen LogP contribution is 2.27. The molecule has 1 atom stereocenters. The minimum absolute atomic E-state index is 0.548. The zero-order valence-electron chi connectivity index (χ0n) is 12.2. The molecule has 0 bridgehead atoms. The van der Waals surface area contributed by atoms with Crippen LogP contribution < -0.4 is 10.2 Å². The lowest BCUT2D eigenvalue weighted by Gasteiger charge is -2.36. The number of hydrogen-bond donors (Lipinski definition) is 1. The Labute approximate surface area is 119 Å². The molecule has 1 aliphatic heterocycles. The molecule has 0 saturated carbocycles. The van der Waals surface area contributed by atoms with E-state index in [1.54, 1.807) is 0 Å². The van der Waals surface area contributed by atoms with Gasteiger partial charge in [-0.1, -0.05) is 0 Å². The van der Waals surface area contributed by atoms with E-state index in [4.69, 9.17) is 0 Å². The standard InChI is InChI=1S/C14H22N6/c1-11-17-18-14-13(16-8-10-19(11)14)20-9-4-3-5-12(20)6-7-15-2/h8,10,12,15H,3-7,9H2,1-2H3. The van der Waals surface area contributed by atoms with Gasteiger partial charge in [-0.3, -0.25) is 4.40 Å². The Kier molecular flexibility index (Phi) is 3.82. The highest BCUT2D eigenvalue weighted by Gasteiger charge is 2.25. The summed E-state index contributed by atoms with van der Waals surface area (Å²) in [5.74, 6) is 1.89. The second kappa shape index (κ2) is 5.75. The molecule has 2 aromatic heterocycles. The first kappa shape index (κ1) is 13.3. The van der Waals surface area contributed by atoms with E-state index in [0.29, 0.717) is 6.04 Å². The molecule has 1 unspecified atom stereocenters. The van der Waals surface area contributed by atoms with Crippen LogP contribution in [0.15, 0.2) is 12.4 Å². The van der Waals surface area contributed by atoms with Gasteiger partial charge in [0.25, 0.3) is 0 Å². The molecule has 20 heavy (non-hydrogen) atoms. The van der Waals surface area contributed by atoms with E-state index in [-0.39, 0.29) is 0 Å². The monoisotopic (exact) mass is 274 g/mol. The van der Waals surface area contributed by atoms with E-state index in [9.17, 15) is 0 Å². The Morgan fingerprint density at radius 2 is 2.25 bits per heavy atom. The third-order valence-electron chi connectivity index (χ3n) is 4.11. The summed E-state index contributed by atoms with van der Waals surface area (Å²) in [7, 11) is 2.01. The zero-order valence-corrected chi connectivity index (χ0v) is 12.2. The third kappa shape index (κ3) is 2.35. The van der Waals surface area contributed by atoms with Gasteiger partial charge in [0.1, 0.15) is 5.82 Å². The van der Waals surface area contributed by atoms with E-state index < -0.39 is 0 Å². The Morgan fingerprint density at radius 3 is 3.10 bits per heavy atom. The van der Waals surface area contributed by atoms with Crippen LogP contribution in [0.5, 0.6) is 0 Å². The number of nitrogens with one attached hydrogen (secondary N) is 1. The summed E-state index contributed by atoms with van der Waals surface area (Å²) >= 11 is 0. The predicted octanol–water partition coefficient (Wildman–Crippen LogP) is 1.40. The zero-order chi connectivity index (χ0) is 13.9. The molecule has 1 aliphatic rings. The summed E-state index contributed by atoms with van der Waals surface area (Å²) in [6, 6.07) is 0.548. The molecule has 0 radical (unpaired) electrons. The van der Waals surface area contributed by atoms with Gasteiger partial charge in [-0.2, -0.15) is 0 Å². The van der Waals surface area contributed by atoms with Crippen molar-refractivity contribution in [3.63, 3.8) is 0 Å². The molecule has 0 spiro atoms. The average molecular weight is 274 g/mol. The lowest BCUT2D eigenvalue weighted by atomic mass is 9.99. The first-order valence-corrected chi connectivity index (χ1v) is 7.39. The number of nitrogens with zero attached hydrogens (tertiary/aromatic N) is 5. The topological polar surface area (TPSA) is 58.4 Å². The Bertz CT molecular complexity index is 578. The van der Waals surface area contributed by atoms with Crippen LogP contribution in [0.25, 0.3) is 5.65 Å². The van der Waals surface area contributed by atoms with Crippen LogP contribution in [0.3, 0.4) is 0 Å². The van der Waals surface area contributed by atoms with Gasteiger partial charge in [-0.05, 0) is 46.2 Å². The number of anilines is 1. The SMILES string of the molecule is CNCCC1CCCCN1c1nccn2c(C)nnc12.